The molecule has 2 aromatic rings. The number of aromatic nitrogens is 2. The third-order valence-corrected chi connectivity index (χ3v) is 4.42. The maximum atomic E-state index is 12.5. The van der Waals surface area contributed by atoms with Gasteiger partial charge in [-0.05, 0) is 30.6 Å². The smallest absolute Gasteiger partial charge is 0.255 e. The van der Waals surface area contributed by atoms with Gasteiger partial charge in [-0.25, -0.2) is 0 Å². The number of rotatable bonds is 8. The van der Waals surface area contributed by atoms with Crippen LogP contribution in [0.25, 0.3) is 0 Å². The molecule has 7 nitrogen and oxygen atoms in total. The molecule has 2 amide bonds. The minimum absolute atomic E-state index is 0.316. The molecule has 0 radical (unpaired) electrons. The minimum Gasteiger partial charge on any atom is -0.496 e. The third kappa shape index (κ3) is 4.93. The lowest BCUT2D eigenvalue weighted by molar-refractivity contribution is -0.118. The SMILES string of the molecule is COc1ccccc1C(=O)NC(CCSC)C(=O)Nc1nncs1. The summed E-state index contributed by atoms with van der Waals surface area (Å²) in [4.78, 5) is 24.9. The van der Waals surface area contributed by atoms with E-state index in [1.54, 1.807) is 36.0 Å². The Morgan fingerprint density at radius 1 is 1.38 bits per heavy atom. The van der Waals surface area contributed by atoms with Crippen LogP contribution in [0.1, 0.15) is 16.8 Å². The summed E-state index contributed by atoms with van der Waals surface area (Å²) in [6, 6.07) is 6.22. The normalized spacial score (nSPS) is 11.6. The Labute approximate surface area is 148 Å². The summed E-state index contributed by atoms with van der Waals surface area (Å²) in [5, 5.41) is 13.3. The van der Waals surface area contributed by atoms with Gasteiger partial charge in [0.2, 0.25) is 11.0 Å². The first-order chi connectivity index (χ1) is 11.7. The van der Waals surface area contributed by atoms with E-state index in [1.807, 2.05) is 6.26 Å². The molecule has 128 valence electrons. The van der Waals surface area contributed by atoms with Crippen molar-refractivity contribution in [3.8, 4) is 5.75 Å². The van der Waals surface area contributed by atoms with E-state index >= 15 is 0 Å². The Morgan fingerprint density at radius 2 is 2.17 bits per heavy atom. The molecule has 1 aromatic heterocycles. The summed E-state index contributed by atoms with van der Waals surface area (Å²) in [5.74, 6) is 0.526. The van der Waals surface area contributed by atoms with E-state index in [9.17, 15) is 9.59 Å². The molecule has 2 N–H and O–H groups in total. The number of nitrogens with zero attached hydrogens (tertiary/aromatic N) is 2. The summed E-state index contributed by atoms with van der Waals surface area (Å²) in [6.07, 6.45) is 2.45. The number of amides is 2. The second-order valence-electron chi connectivity index (χ2n) is 4.74. The lowest BCUT2D eigenvalue weighted by Crippen LogP contribution is -2.44. The molecule has 24 heavy (non-hydrogen) atoms. The molecule has 0 aliphatic rings. The van der Waals surface area contributed by atoms with Crippen molar-refractivity contribution in [3.63, 3.8) is 0 Å². The van der Waals surface area contributed by atoms with Gasteiger partial charge < -0.3 is 10.1 Å². The average Bonchev–Trinajstić information content (AvgIpc) is 3.11. The molecule has 0 aliphatic heterocycles. The van der Waals surface area contributed by atoms with Gasteiger partial charge in [-0.3, -0.25) is 14.9 Å². The Morgan fingerprint density at radius 3 is 2.83 bits per heavy atom. The second kappa shape index (κ2) is 9.24. The number of carbonyl (C=O) groups is 2. The van der Waals surface area contributed by atoms with Crippen molar-refractivity contribution < 1.29 is 14.3 Å². The number of hydrogen-bond acceptors (Lipinski definition) is 7. The summed E-state index contributed by atoms with van der Waals surface area (Å²) >= 11 is 2.83. The molecule has 1 atom stereocenters. The lowest BCUT2D eigenvalue weighted by Gasteiger charge is -2.18. The van der Waals surface area contributed by atoms with E-state index in [0.29, 0.717) is 22.9 Å². The predicted molar refractivity (Wildman–Crippen MR) is 95.8 cm³/mol. The van der Waals surface area contributed by atoms with E-state index in [4.69, 9.17) is 4.74 Å². The van der Waals surface area contributed by atoms with Gasteiger partial charge in [0.25, 0.3) is 5.91 Å². The Balaban J connectivity index is 2.09. The molecule has 1 unspecified atom stereocenters. The van der Waals surface area contributed by atoms with Crippen molar-refractivity contribution in [2.45, 2.75) is 12.5 Å². The number of hydrogen-bond donors (Lipinski definition) is 2. The summed E-state index contributed by atoms with van der Waals surface area (Å²) < 4.78 is 5.19. The fourth-order valence-corrected chi connectivity index (χ4v) is 2.91. The van der Waals surface area contributed by atoms with Crippen molar-refractivity contribution in [2.75, 3.05) is 24.4 Å². The zero-order valence-corrected chi connectivity index (χ0v) is 14.9. The zero-order valence-electron chi connectivity index (χ0n) is 13.3. The van der Waals surface area contributed by atoms with Crippen LogP contribution in [0.2, 0.25) is 0 Å². The van der Waals surface area contributed by atoms with Crippen LogP contribution >= 0.6 is 23.1 Å². The maximum Gasteiger partial charge on any atom is 0.255 e. The molecule has 0 aliphatic carbocycles. The maximum absolute atomic E-state index is 12.5. The van der Waals surface area contributed by atoms with E-state index in [0.717, 1.165) is 5.75 Å². The van der Waals surface area contributed by atoms with Crippen molar-refractivity contribution in [2.24, 2.45) is 0 Å². The molecule has 0 saturated heterocycles. The van der Waals surface area contributed by atoms with E-state index in [-0.39, 0.29) is 11.8 Å². The minimum atomic E-state index is -0.668. The van der Waals surface area contributed by atoms with Gasteiger partial charge >= 0.3 is 0 Å². The fourth-order valence-electron chi connectivity index (χ4n) is 1.99. The van der Waals surface area contributed by atoms with Crippen LogP contribution in [0, 0.1) is 0 Å². The molecule has 9 heteroatoms. The highest BCUT2D eigenvalue weighted by Gasteiger charge is 2.23. The van der Waals surface area contributed by atoms with Crippen molar-refractivity contribution in [1.82, 2.24) is 15.5 Å². The molecule has 0 fully saturated rings. The Bertz CT molecular complexity index is 679. The van der Waals surface area contributed by atoms with Crippen LogP contribution in [-0.4, -0.2) is 47.2 Å². The zero-order chi connectivity index (χ0) is 17.4. The highest BCUT2D eigenvalue weighted by atomic mass is 32.2. The highest BCUT2D eigenvalue weighted by Crippen LogP contribution is 2.18. The summed E-state index contributed by atoms with van der Waals surface area (Å²) in [5.41, 5.74) is 1.91. The van der Waals surface area contributed by atoms with Crippen molar-refractivity contribution in [1.29, 1.82) is 0 Å². The summed E-state index contributed by atoms with van der Waals surface area (Å²) in [6.45, 7) is 0. The number of thioether (sulfide) groups is 1. The van der Waals surface area contributed by atoms with Crippen molar-refractivity contribution in [3.05, 3.63) is 35.3 Å². The quantitative estimate of drug-likeness (QED) is 0.743. The van der Waals surface area contributed by atoms with E-state index in [1.165, 1.54) is 24.0 Å². The third-order valence-electron chi connectivity index (χ3n) is 3.17. The molecular formula is C15H18N4O3S2. The fraction of sp³-hybridized carbons (Fsp3) is 0.333. The number of ether oxygens (including phenoxy) is 1. The number of methoxy groups -OCH3 is 1. The average molecular weight is 366 g/mol. The number of benzene rings is 1. The van der Waals surface area contributed by atoms with Crippen molar-refractivity contribution >= 4 is 40.0 Å². The molecule has 2 rings (SSSR count). The largest absolute Gasteiger partial charge is 0.496 e. The monoisotopic (exact) mass is 366 g/mol. The molecule has 0 saturated carbocycles. The molecular weight excluding hydrogens is 348 g/mol. The first-order valence-corrected chi connectivity index (χ1v) is 9.43. The van der Waals surface area contributed by atoms with Crippen LogP contribution < -0.4 is 15.4 Å². The van der Waals surface area contributed by atoms with Gasteiger partial charge in [0.15, 0.2) is 0 Å². The first-order valence-electron chi connectivity index (χ1n) is 7.15. The van der Waals surface area contributed by atoms with E-state index < -0.39 is 6.04 Å². The first kappa shape index (κ1) is 18.2. The second-order valence-corrected chi connectivity index (χ2v) is 6.56. The van der Waals surface area contributed by atoms with E-state index in [2.05, 4.69) is 20.8 Å². The number of carbonyl (C=O) groups excluding carboxylic acids is 2. The molecule has 1 heterocycles. The summed E-state index contributed by atoms with van der Waals surface area (Å²) in [7, 11) is 1.50. The Kier molecular flexibility index (Phi) is 7.01. The van der Waals surface area contributed by atoms with Crippen LogP contribution in [-0.2, 0) is 4.79 Å². The van der Waals surface area contributed by atoms with Gasteiger partial charge in [-0.2, -0.15) is 11.8 Å². The van der Waals surface area contributed by atoms with Crippen LogP contribution in [0.3, 0.4) is 0 Å². The van der Waals surface area contributed by atoms with Crippen LogP contribution in [0.4, 0.5) is 5.13 Å². The van der Waals surface area contributed by atoms with Gasteiger partial charge in [0.1, 0.15) is 17.3 Å². The van der Waals surface area contributed by atoms with Gasteiger partial charge in [-0.1, -0.05) is 23.5 Å². The molecule has 0 spiro atoms. The number of para-hydroxylation sites is 1. The number of anilines is 1. The topological polar surface area (TPSA) is 93.2 Å². The predicted octanol–water partition coefficient (Wildman–Crippen LogP) is 2.04. The van der Waals surface area contributed by atoms with Gasteiger partial charge in [0.05, 0.1) is 12.7 Å². The van der Waals surface area contributed by atoms with Gasteiger partial charge in [-0.15, -0.1) is 10.2 Å². The van der Waals surface area contributed by atoms with Crippen LogP contribution in [0.15, 0.2) is 29.8 Å². The van der Waals surface area contributed by atoms with Gasteiger partial charge in [0, 0.05) is 0 Å². The Hall–Kier alpha value is -2.13. The lowest BCUT2D eigenvalue weighted by atomic mass is 10.1. The number of nitrogens with one attached hydrogen (secondary N) is 2. The van der Waals surface area contributed by atoms with Crippen LogP contribution in [0.5, 0.6) is 5.75 Å². The molecule has 1 aromatic carbocycles. The standard InChI is InChI=1S/C15H18N4O3S2/c1-22-12-6-4-3-5-10(12)13(20)17-11(7-8-23-2)14(21)18-15-19-16-9-24-15/h3-6,9,11H,7-8H2,1-2H3,(H,17,20)(H,18,19,21). The highest BCUT2D eigenvalue weighted by molar-refractivity contribution is 7.98. The molecule has 0 bridgehead atoms.